The molecule has 0 amide bonds. The zero-order valence-corrected chi connectivity index (χ0v) is 10.8. The van der Waals surface area contributed by atoms with Gasteiger partial charge in [-0.05, 0) is 24.5 Å². The molecule has 1 aromatic carbocycles. The first-order chi connectivity index (χ1) is 7.40. The van der Waals surface area contributed by atoms with Crippen LogP contribution in [0, 0.1) is 0 Å². The molecule has 0 bridgehead atoms. The molecule has 0 heterocycles. The summed E-state index contributed by atoms with van der Waals surface area (Å²) in [4.78, 5) is 0. The minimum Gasteiger partial charge on any atom is -0.324 e. The number of benzene rings is 1. The zero-order valence-electron chi connectivity index (χ0n) is 9.19. The Bertz CT molecular complexity index is 445. The fourth-order valence-electron chi connectivity index (χ4n) is 1.50. The third kappa shape index (κ3) is 4.51. The Morgan fingerprint density at radius 3 is 2.56 bits per heavy atom. The molecule has 1 rings (SSSR count). The monoisotopic (exact) mass is 261 g/mol. The lowest BCUT2D eigenvalue weighted by Crippen LogP contribution is -2.13. The second kappa shape index (κ2) is 5.66. The maximum atomic E-state index is 10.9. The van der Waals surface area contributed by atoms with Crippen LogP contribution in [0.1, 0.15) is 24.4 Å². The topological polar surface area (TPSA) is 60.2 Å². The minimum absolute atomic E-state index is 0.172. The van der Waals surface area contributed by atoms with E-state index in [0.29, 0.717) is 17.9 Å². The Hall–Kier alpha value is -0.580. The largest absolute Gasteiger partial charge is 0.324 e. The standard InChI is InChI=1S/C11H16ClNO2S/c1-16(14,15)8-4-7-11(13)9-5-2-3-6-10(9)12/h2-3,5-6,11H,4,7-8,13H2,1H3. The number of sulfone groups is 1. The molecule has 3 nitrogen and oxygen atoms in total. The lowest BCUT2D eigenvalue weighted by molar-refractivity contribution is 0.588. The maximum absolute atomic E-state index is 10.9. The molecular weight excluding hydrogens is 246 g/mol. The van der Waals surface area contributed by atoms with Gasteiger partial charge < -0.3 is 5.73 Å². The molecule has 0 aliphatic rings. The first-order valence-electron chi connectivity index (χ1n) is 5.08. The Balaban J connectivity index is 2.54. The van der Waals surface area contributed by atoms with E-state index < -0.39 is 9.84 Å². The van der Waals surface area contributed by atoms with Crippen LogP contribution in [-0.4, -0.2) is 20.4 Å². The molecule has 0 aromatic heterocycles. The summed E-state index contributed by atoms with van der Waals surface area (Å²) in [6.07, 6.45) is 2.41. The molecule has 1 unspecified atom stereocenters. The molecule has 1 atom stereocenters. The van der Waals surface area contributed by atoms with Crippen molar-refractivity contribution in [2.45, 2.75) is 18.9 Å². The smallest absolute Gasteiger partial charge is 0.147 e. The number of hydrogen-bond donors (Lipinski definition) is 1. The Labute approximate surface area is 102 Å². The van der Waals surface area contributed by atoms with E-state index in [9.17, 15) is 8.42 Å². The second-order valence-electron chi connectivity index (χ2n) is 3.90. The average molecular weight is 262 g/mol. The molecule has 5 heteroatoms. The van der Waals surface area contributed by atoms with Gasteiger partial charge in [0.15, 0.2) is 0 Å². The van der Waals surface area contributed by atoms with Gasteiger partial charge in [0.2, 0.25) is 0 Å². The average Bonchev–Trinajstić information content (AvgIpc) is 2.16. The van der Waals surface area contributed by atoms with Crippen molar-refractivity contribution >= 4 is 21.4 Å². The molecule has 0 aliphatic heterocycles. The van der Waals surface area contributed by atoms with Crippen molar-refractivity contribution in [1.29, 1.82) is 0 Å². The first kappa shape index (κ1) is 13.5. The van der Waals surface area contributed by atoms with Gasteiger partial charge in [-0.1, -0.05) is 29.8 Å². The van der Waals surface area contributed by atoms with Crippen LogP contribution in [0.15, 0.2) is 24.3 Å². The van der Waals surface area contributed by atoms with Gasteiger partial charge in [-0.2, -0.15) is 0 Å². The van der Waals surface area contributed by atoms with Gasteiger partial charge in [-0.15, -0.1) is 0 Å². The highest BCUT2D eigenvalue weighted by molar-refractivity contribution is 7.90. The molecule has 0 radical (unpaired) electrons. The lowest BCUT2D eigenvalue weighted by atomic mass is 10.0. The Morgan fingerprint density at radius 1 is 1.38 bits per heavy atom. The summed E-state index contributed by atoms with van der Waals surface area (Å²) in [6.45, 7) is 0. The van der Waals surface area contributed by atoms with Gasteiger partial charge >= 0.3 is 0 Å². The summed E-state index contributed by atoms with van der Waals surface area (Å²) < 4.78 is 21.9. The van der Waals surface area contributed by atoms with Crippen LogP contribution >= 0.6 is 11.6 Å². The third-order valence-electron chi connectivity index (χ3n) is 2.33. The second-order valence-corrected chi connectivity index (χ2v) is 6.57. The summed E-state index contributed by atoms with van der Waals surface area (Å²) in [5, 5.41) is 0.634. The van der Waals surface area contributed by atoms with Crippen molar-refractivity contribution in [2.75, 3.05) is 12.0 Å². The van der Waals surface area contributed by atoms with Crippen molar-refractivity contribution in [1.82, 2.24) is 0 Å². The van der Waals surface area contributed by atoms with E-state index in [1.54, 1.807) is 6.07 Å². The highest BCUT2D eigenvalue weighted by Gasteiger charge is 2.10. The first-order valence-corrected chi connectivity index (χ1v) is 7.52. The number of halogens is 1. The SMILES string of the molecule is CS(=O)(=O)CCCC(N)c1ccccc1Cl. The van der Waals surface area contributed by atoms with E-state index in [1.807, 2.05) is 18.2 Å². The van der Waals surface area contributed by atoms with Gasteiger partial charge in [0.1, 0.15) is 9.84 Å². The van der Waals surface area contributed by atoms with E-state index in [0.717, 1.165) is 5.56 Å². The van der Waals surface area contributed by atoms with Crippen LogP contribution < -0.4 is 5.73 Å². The van der Waals surface area contributed by atoms with Crippen molar-refractivity contribution in [3.63, 3.8) is 0 Å². The predicted octanol–water partition coefficient (Wildman–Crippen LogP) is 2.16. The molecule has 0 aliphatic carbocycles. The summed E-state index contributed by atoms with van der Waals surface area (Å²) >= 11 is 5.99. The summed E-state index contributed by atoms with van der Waals surface area (Å²) in [7, 11) is -2.90. The highest BCUT2D eigenvalue weighted by Crippen LogP contribution is 2.23. The normalized spacial score (nSPS) is 13.7. The van der Waals surface area contributed by atoms with Crippen LogP contribution in [-0.2, 0) is 9.84 Å². The van der Waals surface area contributed by atoms with Gasteiger partial charge in [-0.3, -0.25) is 0 Å². The van der Waals surface area contributed by atoms with E-state index in [1.165, 1.54) is 6.26 Å². The molecule has 0 fully saturated rings. The number of hydrogen-bond acceptors (Lipinski definition) is 3. The van der Waals surface area contributed by atoms with Crippen molar-refractivity contribution in [2.24, 2.45) is 5.73 Å². The van der Waals surface area contributed by atoms with E-state index in [-0.39, 0.29) is 11.8 Å². The van der Waals surface area contributed by atoms with Crippen molar-refractivity contribution < 1.29 is 8.42 Å². The fraction of sp³-hybridized carbons (Fsp3) is 0.455. The molecule has 90 valence electrons. The Kier molecular flexibility index (Phi) is 4.77. The van der Waals surface area contributed by atoms with Gasteiger partial charge in [0.05, 0.1) is 0 Å². The predicted molar refractivity (Wildman–Crippen MR) is 67.3 cm³/mol. The van der Waals surface area contributed by atoms with Crippen molar-refractivity contribution in [3.8, 4) is 0 Å². The van der Waals surface area contributed by atoms with Crippen LogP contribution in [0.25, 0.3) is 0 Å². The van der Waals surface area contributed by atoms with Gasteiger partial charge in [0.25, 0.3) is 0 Å². The highest BCUT2D eigenvalue weighted by atomic mass is 35.5. The van der Waals surface area contributed by atoms with Crippen LogP contribution in [0.4, 0.5) is 0 Å². The van der Waals surface area contributed by atoms with Crippen LogP contribution in [0.5, 0.6) is 0 Å². The molecule has 16 heavy (non-hydrogen) atoms. The van der Waals surface area contributed by atoms with E-state index >= 15 is 0 Å². The molecule has 0 spiro atoms. The third-order valence-corrected chi connectivity index (χ3v) is 3.71. The maximum Gasteiger partial charge on any atom is 0.147 e. The van der Waals surface area contributed by atoms with Crippen LogP contribution in [0.3, 0.4) is 0 Å². The number of nitrogens with two attached hydrogens (primary N) is 1. The summed E-state index contributed by atoms with van der Waals surface area (Å²) in [5.74, 6) is 0.172. The van der Waals surface area contributed by atoms with Gasteiger partial charge in [-0.25, -0.2) is 8.42 Å². The van der Waals surface area contributed by atoms with E-state index in [2.05, 4.69) is 0 Å². The zero-order chi connectivity index (χ0) is 12.2. The minimum atomic E-state index is -2.90. The Morgan fingerprint density at radius 2 is 2.00 bits per heavy atom. The fourth-order valence-corrected chi connectivity index (χ4v) is 2.46. The molecule has 0 saturated heterocycles. The quantitative estimate of drug-likeness (QED) is 0.884. The molecular formula is C11H16ClNO2S. The lowest BCUT2D eigenvalue weighted by Gasteiger charge is -2.12. The van der Waals surface area contributed by atoms with E-state index in [4.69, 9.17) is 17.3 Å². The molecule has 1 aromatic rings. The number of rotatable bonds is 5. The summed E-state index contributed by atoms with van der Waals surface area (Å²) in [5.41, 5.74) is 6.82. The molecule has 2 N–H and O–H groups in total. The van der Waals surface area contributed by atoms with Gasteiger partial charge in [0, 0.05) is 23.1 Å². The summed E-state index contributed by atoms with van der Waals surface area (Å²) in [6, 6.07) is 7.17. The van der Waals surface area contributed by atoms with Crippen LogP contribution in [0.2, 0.25) is 5.02 Å². The van der Waals surface area contributed by atoms with Crippen molar-refractivity contribution in [3.05, 3.63) is 34.9 Å². The molecule has 0 saturated carbocycles.